The van der Waals surface area contributed by atoms with Gasteiger partial charge < -0.3 is 10.6 Å². The van der Waals surface area contributed by atoms with Crippen LogP contribution in [0.1, 0.15) is 23.6 Å². The first-order chi connectivity index (χ1) is 13.0. The minimum absolute atomic E-state index is 0.160. The van der Waals surface area contributed by atoms with Crippen molar-refractivity contribution < 1.29 is 14.4 Å². The van der Waals surface area contributed by atoms with Crippen LogP contribution >= 0.6 is 0 Å². The first kappa shape index (κ1) is 18.4. The summed E-state index contributed by atoms with van der Waals surface area (Å²) in [5, 5.41) is 5.21. The van der Waals surface area contributed by atoms with Gasteiger partial charge in [-0.25, -0.2) is 9.69 Å². The largest absolute Gasteiger partial charge is 0.329 e. The number of imide groups is 1. The van der Waals surface area contributed by atoms with E-state index >= 15 is 0 Å². The SMILES string of the molecule is CCc1ccc(/C=C2/NC(=O)N(CC(=O)Nc3ccc(C)cc3)C2=O)cc1. The zero-order valence-corrected chi connectivity index (χ0v) is 15.3. The Hall–Kier alpha value is -3.41. The van der Waals surface area contributed by atoms with E-state index in [0.717, 1.165) is 22.4 Å². The lowest BCUT2D eigenvalue weighted by molar-refractivity contribution is -0.127. The van der Waals surface area contributed by atoms with Crippen LogP contribution in [0.2, 0.25) is 0 Å². The number of benzene rings is 2. The molecule has 2 N–H and O–H groups in total. The van der Waals surface area contributed by atoms with Gasteiger partial charge in [0, 0.05) is 5.69 Å². The number of urea groups is 1. The van der Waals surface area contributed by atoms with Gasteiger partial charge in [-0.2, -0.15) is 0 Å². The first-order valence-corrected chi connectivity index (χ1v) is 8.76. The second-order valence-corrected chi connectivity index (χ2v) is 6.39. The molecule has 1 saturated heterocycles. The Morgan fingerprint density at radius 1 is 1.07 bits per heavy atom. The van der Waals surface area contributed by atoms with E-state index in [1.165, 1.54) is 5.56 Å². The molecule has 2 aromatic rings. The van der Waals surface area contributed by atoms with Crippen molar-refractivity contribution in [3.63, 3.8) is 0 Å². The van der Waals surface area contributed by atoms with Crippen molar-refractivity contribution in [3.05, 3.63) is 70.9 Å². The number of nitrogens with zero attached hydrogens (tertiary/aromatic N) is 1. The first-order valence-electron chi connectivity index (χ1n) is 8.76. The number of amides is 4. The summed E-state index contributed by atoms with van der Waals surface area (Å²) in [7, 11) is 0. The molecule has 0 aromatic heterocycles. The smallest absolute Gasteiger partial charge is 0.325 e. The maximum absolute atomic E-state index is 12.5. The minimum atomic E-state index is -0.601. The Balaban J connectivity index is 1.67. The number of anilines is 1. The fourth-order valence-corrected chi connectivity index (χ4v) is 2.71. The van der Waals surface area contributed by atoms with Gasteiger partial charge >= 0.3 is 6.03 Å². The van der Waals surface area contributed by atoms with Crippen molar-refractivity contribution in [2.45, 2.75) is 20.3 Å². The van der Waals surface area contributed by atoms with Gasteiger partial charge in [-0.1, -0.05) is 48.9 Å². The Kier molecular flexibility index (Phi) is 5.35. The van der Waals surface area contributed by atoms with E-state index in [2.05, 4.69) is 17.6 Å². The Bertz CT molecular complexity index is 899. The van der Waals surface area contributed by atoms with Crippen molar-refractivity contribution in [2.75, 3.05) is 11.9 Å². The van der Waals surface area contributed by atoms with Gasteiger partial charge in [0.1, 0.15) is 12.2 Å². The van der Waals surface area contributed by atoms with Crippen LogP contribution in [0.3, 0.4) is 0 Å². The summed E-state index contributed by atoms with van der Waals surface area (Å²) in [6.45, 7) is 3.67. The van der Waals surface area contributed by atoms with E-state index in [4.69, 9.17) is 0 Å². The minimum Gasteiger partial charge on any atom is -0.325 e. The molecule has 0 atom stereocenters. The molecule has 3 rings (SSSR count). The molecule has 6 heteroatoms. The fraction of sp³-hybridized carbons (Fsp3) is 0.190. The lowest BCUT2D eigenvalue weighted by Gasteiger charge is -2.12. The maximum atomic E-state index is 12.5. The van der Waals surface area contributed by atoms with Gasteiger partial charge in [0.2, 0.25) is 5.91 Å². The molecule has 1 fully saturated rings. The van der Waals surface area contributed by atoms with Crippen LogP contribution in [0.25, 0.3) is 6.08 Å². The lowest BCUT2D eigenvalue weighted by Crippen LogP contribution is -2.38. The number of hydrogen-bond donors (Lipinski definition) is 2. The summed E-state index contributed by atoms with van der Waals surface area (Å²) in [5.41, 5.74) is 3.84. The van der Waals surface area contributed by atoms with Crippen molar-refractivity contribution in [2.24, 2.45) is 0 Å². The summed E-state index contributed by atoms with van der Waals surface area (Å²) in [6, 6.07) is 14.4. The molecular formula is C21H21N3O3. The quantitative estimate of drug-likeness (QED) is 0.633. The average molecular weight is 363 g/mol. The van der Waals surface area contributed by atoms with E-state index in [1.807, 2.05) is 43.3 Å². The van der Waals surface area contributed by atoms with Crippen molar-refractivity contribution in [1.29, 1.82) is 0 Å². The standard InChI is InChI=1S/C21H21N3O3/c1-3-15-6-8-16(9-7-15)12-18-20(26)24(21(27)23-18)13-19(25)22-17-10-4-14(2)5-11-17/h4-12H,3,13H2,1-2H3,(H,22,25)(H,23,27)/b18-12+. The van der Waals surface area contributed by atoms with E-state index in [9.17, 15) is 14.4 Å². The third-order valence-electron chi connectivity index (χ3n) is 4.30. The Morgan fingerprint density at radius 2 is 1.74 bits per heavy atom. The van der Waals surface area contributed by atoms with Gasteiger partial charge in [-0.3, -0.25) is 9.59 Å². The molecule has 4 amide bonds. The molecule has 0 radical (unpaired) electrons. The van der Waals surface area contributed by atoms with E-state index in [0.29, 0.717) is 5.69 Å². The molecule has 1 aliphatic heterocycles. The maximum Gasteiger partial charge on any atom is 0.329 e. The van der Waals surface area contributed by atoms with E-state index in [1.54, 1.807) is 18.2 Å². The van der Waals surface area contributed by atoms with Crippen LogP contribution < -0.4 is 10.6 Å². The van der Waals surface area contributed by atoms with Crippen molar-refractivity contribution >= 4 is 29.6 Å². The summed E-state index contributed by atoms with van der Waals surface area (Å²) in [4.78, 5) is 37.6. The molecule has 138 valence electrons. The number of hydrogen-bond acceptors (Lipinski definition) is 3. The highest BCUT2D eigenvalue weighted by molar-refractivity contribution is 6.15. The summed E-state index contributed by atoms with van der Waals surface area (Å²) < 4.78 is 0. The zero-order valence-electron chi connectivity index (χ0n) is 15.3. The van der Waals surface area contributed by atoms with Gasteiger partial charge in [-0.15, -0.1) is 0 Å². The third-order valence-corrected chi connectivity index (χ3v) is 4.30. The Labute approximate surface area is 157 Å². The molecule has 27 heavy (non-hydrogen) atoms. The summed E-state index contributed by atoms with van der Waals surface area (Å²) in [5.74, 6) is -0.950. The number of aryl methyl sites for hydroxylation is 2. The number of carbonyl (C=O) groups is 3. The van der Waals surface area contributed by atoms with Crippen LogP contribution in [0.15, 0.2) is 54.2 Å². The summed E-state index contributed by atoms with van der Waals surface area (Å²) in [6.07, 6.45) is 2.54. The normalized spacial score (nSPS) is 15.2. The predicted molar refractivity (Wildman–Crippen MR) is 104 cm³/mol. The van der Waals surface area contributed by atoms with Gasteiger partial charge in [-0.05, 0) is 42.7 Å². The molecule has 0 unspecified atom stereocenters. The molecule has 1 heterocycles. The molecule has 2 aromatic carbocycles. The molecule has 0 aliphatic carbocycles. The molecule has 6 nitrogen and oxygen atoms in total. The van der Waals surface area contributed by atoms with Crippen molar-refractivity contribution in [3.8, 4) is 0 Å². The van der Waals surface area contributed by atoms with Crippen LogP contribution in [0, 0.1) is 6.92 Å². The predicted octanol–water partition coefficient (Wildman–Crippen LogP) is 3.09. The lowest BCUT2D eigenvalue weighted by atomic mass is 10.1. The van der Waals surface area contributed by atoms with Crippen LogP contribution in [-0.4, -0.2) is 29.3 Å². The molecule has 0 saturated carbocycles. The van der Waals surface area contributed by atoms with Crippen molar-refractivity contribution in [1.82, 2.24) is 10.2 Å². The highest BCUT2D eigenvalue weighted by atomic mass is 16.2. The van der Waals surface area contributed by atoms with E-state index < -0.39 is 17.8 Å². The fourth-order valence-electron chi connectivity index (χ4n) is 2.71. The second kappa shape index (κ2) is 7.86. The van der Waals surface area contributed by atoms with E-state index in [-0.39, 0.29) is 12.2 Å². The van der Waals surface area contributed by atoms with Crippen LogP contribution in [-0.2, 0) is 16.0 Å². The third kappa shape index (κ3) is 4.41. The Morgan fingerprint density at radius 3 is 2.37 bits per heavy atom. The number of rotatable bonds is 5. The van der Waals surface area contributed by atoms with Crippen LogP contribution in [0.4, 0.5) is 10.5 Å². The van der Waals surface area contributed by atoms with Gasteiger partial charge in [0.05, 0.1) is 0 Å². The van der Waals surface area contributed by atoms with Crippen LogP contribution in [0.5, 0.6) is 0 Å². The average Bonchev–Trinajstić information content (AvgIpc) is 2.91. The molecule has 0 spiro atoms. The molecular weight excluding hydrogens is 342 g/mol. The zero-order chi connectivity index (χ0) is 19.4. The molecule has 1 aliphatic rings. The van der Waals surface area contributed by atoms with Gasteiger partial charge in [0.15, 0.2) is 0 Å². The van der Waals surface area contributed by atoms with Gasteiger partial charge in [0.25, 0.3) is 5.91 Å². The highest BCUT2D eigenvalue weighted by Crippen LogP contribution is 2.15. The number of nitrogens with one attached hydrogen (secondary N) is 2. The monoisotopic (exact) mass is 363 g/mol. The topological polar surface area (TPSA) is 78.5 Å². The highest BCUT2D eigenvalue weighted by Gasteiger charge is 2.34. The summed E-state index contributed by atoms with van der Waals surface area (Å²) >= 11 is 0. The number of carbonyl (C=O) groups excluding carboxylic acids is 3. The molecule has 0 bridgehead atoms. The second-order valence-electron chi connectivity index (χ2n) is 6.39.